The van der Waals surface area contributed by atoms with Crippen molar-refractivity contribution in [2.24, 2.45) is 7.05 Å². The highest BCUT2D eigenvalue weighted by Gasteiger charge is 2.16. The molecule has 0 radical (unpaired) electrons. The van der Waals surface area contributed by atoms with Gasteiger partial charge in [0.15, 0.2) is 17.5 Å². The van der Waals surface area contributed by atoms with Gasteiger partial charge in [0.05, 0.1) is 44.8 Å². The minimum Gasteiger partial charge on any atom is -0.326 e. The van der Waals surface area contributed by atoms with Gasteiger partial charge in [0.2, 0.25) is 5.91 Å². The fourth-order valence-corrected chi connectivity index (χ4v) is 10.5. The Morgan fingerprint density at radius 3 is 1.39 bits per heavy atom. The molecule has 1 amide bonds. The largest absolute Gasteiger partial charge is 0.326 e. The molecule has 7 heterocycles. The highest BCUT2D eigenvalue weighted by atomic mass is 19.1. The number of amides is 1. The van der Waals surface area contributed by atoms with Crippen molar-refractivity contribution in [2.75, 3.05) is 5.32 Å². The van der Waals surface area contributed by atoms with E-state index in [4.69, 9.17) is 0 Å². The highest BCUT2D eigenvalue weighted by molar-refractivity contribution is 5.98. The first-order valence-electron chi connectivity index (χ1n) is 29.2. The zero-order valence-electron chi connectivity index (χ0n) is 50.2. The summed E-state index contributed by atoms with van der Waals surface area (Å²) in [5, 5.41) is 54.4. The monoisotopic (exact) mass is 1230 g/mol. The first kappa shape index (κ1) is 59.3. The molecule has 0 aliphatic rings. The zero-order chi connectivity index (χ0) is 64.0. The lowest BCUT2D eigenvalue weighted by Crippen LogP contribution is -2.05. The van der Waals surface area contributed by atoms with E-state index >= 15 is 0 Å². The molecule has 7 aromatic heterocycles. The van der Waals surface area contributed by atoms with Crippen molar-refractivity contribution in [1.82, 2.24) is 85.9 Å². The molecule has 0 bridgehead atoms. The van der Waals surface area contributed by atoms with Crippen LogP contribution in [0.4, 0.5) is 18.9 Å². The predicted octanol–water partition coefficient (Wildman–Crippen LogP) is 15.4. The third kappa shape index (κ3) is 13.5. The Hall–Kier alpha value is -12.7. The molecule has 19 nitrogen and oxygen atoms in total. The number of H-pyrrole nitrogens is 6. The normalized spacial score (nSPS) is 11.2. The van der Waals surface area contributed by atoms with E-state index in [0.29, 0.717) is 11.6 Å². The zero-order valence-corrected chi connectivity index (χ0v) is 50.2. The van der Waals surface area contributed by atoms with Crippen LogP contribution in [0.1, 0.15) is 29.4 Å². The topological polar surface area (TPSA) is 258 Å². The lowest BCUT2D eigenvalue weighted by molar-refractivity contribution is -0.114. The van der Waals surface area contributed by atoms with Gasteiger partial charge in [0.1, 0.15) is 35.9 Å². The number of nitrogens with one attached hydrogen (secondary N) is 7. The van der Waals surface area contributed by atoms with Crippen molar-refractivity contribution in [3.05, 3.63) is 247 Å². The van der Waals surface area contributed by atoms with Gasteiger partial charge in [-0.3, -0.25) is 40.1 Å². The maximum atomic E-state index is 13.2. The maximum Gasteiger partial charge on any atom is 0.221 e. The Morgan fingerprint density at radius 1 is 0.452 bits per heavy atom. The standard InChI is InChI=1S/C23H18FN3O.2C16H12FN5.C16H13N5/c1-15(28)25-20-11-4-16(5-12-20)2-3-17-6-13-22-21(14-17)23(27-26-22)18-7-9-19(24)10-8-18;1-22-9-18-16(21-22)11-4-7-14-13(8-11)15(20-19-14)10-2-5-12(17)6-3-10;1-9-18-16(22-19-9)11-4-7-14-13(8-11)15(21-20-14)10-2-5-12(17)6-3-10;1-10-3-2-4-11(7-10)15-13-8-12(16-17-9-18-21-16)5-6-14(13)19-20-15/h2-14H,1H3,(H,25,28)(H,26,27);2-9H,1H3,(H,19,20);2-8H,1H3,(H,20,21)(H,18,19,22);2-9H,1H3,(H,19,20)(H,17,18,21)/b3-2+;;;. The molecule has 456 valence electrons. The third-order valence-electron chi connectivity index (χ3n) is 15.0. The fraction of sp³-hybridized carbons (Fsp3) is 0.0563. The van der Waals surface area contributed by atoms with Gasteiger partial charge in [0.25, 0.3) is 0 Å². The van der Waals surface area contributed by atoms with Gasteiger partial charge in [-0.15, -0.1) is 0 Å². The molecular weight excluding hydrogens is 1180 g/mol. The Bertz CT molecular complexity index is 5130. The second-order valence-corrected chi connectivity index (χ2v) is 21.7. The van der Waals surface area contributed by atoms with E-state index in [1.165, 1.54) is 55.2 Å². The summed E-state index contributed by atoms with van der Waals surface area (Å²) in [6, 6.07) is 58.8. The van der Waals surface area contributed by atoms with Crippen molar-refractivity contribution in [2.45, 2.75) is 20.8 Å². The molecule has 0 saturated carbocycles. The van der Waals surface area contributed by atoms with Crippen LogP contribution in [0, 0.1) is 31.3 Å². The Morgan fingerprint density at radius 2 is 0.914 bits per heavy atom. The van der Waals surface area contributed by atoms with Gasteiger partial charge in [-0.2, -0.15) is 35.7 Å². The summed E-state index contributed by atoms with van der Waals surface area (Å²) >= 11 is 0. The van der Waals surface area contributed by atoms with Gasteiger partial charge in [-0.05, 0) is 183 Å². The number of anilines is 1. The average Bonchev–Trinajstić information content (AvgIpc) is 1.73. The molecule has 0 unspecified atom stereocenters. The number of rotatable bonds is 10. The quantitative estimate of drug-likeness (QED) is 0.0634. The number of halogens is 3. The first-order chi connectivity index (χ1) is 45.3. The Labute approximate surface area is 528 Å². The molecule has 0 saturated heterocycles. The first-order valence-corrected chi connectivity index (χ1v) is 29.2. The van der Waals surface area contributed by atoms with E-state index in [1.807, 2.05) is 117 Å². The summed E-state index contributed by atoms with van der Waals surface area (Å²) < 4.78 is 41.0. The number of fused-ring (bicyclic) bond motifs is 4. The van der Waals surface area contributed by atoms with Crippen LogP contribution in [0.5, 0.6) is 0 Å². The summed E-state index contributed by atoms with van der Waals surface area (Å²) in [7, 11) is 1.83. The van der Waals surface area contributed by atoms with E-state index in [9.17, 15) is 18.0 Å². The van der Waals surface area contributed by atoms with Crippen molar-refractivity contribution in [1.29, 1.82) is 0 Å². The minimum atomic E-state index is -0.267. The number of hydrogen-bond donors (Lipinski definition) is 7. The van der Waals surface area contributed by atoms with Crippen LogP contribution in [0.3, 0.4) is 0 Å². The summed E-state index contributed by atoms with van der Waals surface area (Å²) in [6.45, 7) is 5.43. The van der Waals surface area contributed by atoms with Crippen molar-refractivity contribution >= 4 is 67.4 Å². The molecule has 16 aromatic rings. The van der Waals surface area contributed by atoms with Crippen LogP contribution in [0.15, 0.2) is 207 Å². The molecule has 0 spiro atoms. The summed E-state index contributed by atoms with van der Waals surface area (Å²) in [5.41, 5.74) is 17.6. The number of hydrogen-bond acceptors (Lipinski definition) is 11. The Kier molecular flexibility index (Phi) is 16.7. The smallest absolute Gasteiger partial charge is 0.221 e. The van der Waals surface area contributed by atoms with E-state index < -0.39 is 0 Å². The number of aryl methyl sites for hydroxylation is 3. The van der Waals surface area contributed by atoms with Crippen LogP contribution >= 0.6 is 0 Å². The van der Waals surface area contributed by atoms with E-state index in [-0.39, 0.29) is 23.4 Å². The molecule has 0 atom stereocenters. The Balaban J connectivity index is 0.000000114. The van der Waals surface area contributed by atoms with E-state index in [1.54, 1.807) is 47.4 Å². The second kappa shape index (κ2) is 26.2. The molecular formula is C71H55F3N18O. The molecule has 7 N–H and O–H groups in total. The van der Waals surface area contributed by atoms with Gasteiger partial charge in [-0.1, -0.05) is 54.1 Å². The molecule has 22 heteroatoms. The SMILES string of the molecule is CC(=O)Nc1ccc(/C=C/c2ccc3[nH]nc(-c4ccc(F)cc4)c3c2)cc1.Cc1cccc(-c2n[nH]c3ccc(-c4ncn[nH]4)cc23)c1.Cc1nc(-c2ccc3[nH]nc(-c4ccc(F)cc4)c3c2)n[nH]1.Cn1cnc(-c2ccc3[nH]nc(-c4ccc(F)cc4)c3c2)n1. The molecule has 0 aliphatic heterocycles. The predicted molar refractivity (Wildman–Crippen MR) is 356 cm³/mol. The number of aromatic amines is 6. The van der Waals surface area contributed by atoms with Crippen molar-refractivity contribution in [3.63, 3.8) is 0 Å². The molecule has 16 rings (SSSR count). The number of carbonyl (C=O) groups is 1. The summed E-state index contributed by atoms with van der Waals surface area (Å²) in [5.74, 6) is 1.95. The number of carbonyl (C=O) groups excluding carboxylic acids is 1. The van der Waals surface area contributed by atoms with E-state index in [2.05, 4.69) is 124 Å². The minimum absolute atomic E-state index is 0.0892. The van der Waals surface area contributed by atoms with Crippen LogP contribution < -0.4 is 5.32 Å². The second-order valence-electron chi connectivity index (χ2n) is 21.7. The van der Waals surface area contributed by atoms with Crippen molar-refractivity contribution in [3.8, 4) is 79.2 Å². The number of benzene rings is 9. The van der Waals surface area contributed by atoms with Crippen LogP contribution in [0.25, 0.3) is 135 Å². The summed E-state index contributed by atoms with van der Waals surface area (Å²) in [4.78, 5) is 23.9. The lowest BCUT2D eigenvalue weighted by Gasteiger charge is -2.02. The van der Waals surface area contributed by atoms with Crippen LogP contribution in [-0.4, -0.2) is 91.8 Å². The van der Waals surface area contributed by atoms with Crippen LogP contribution in [0.2, 0.25) is 0 Å². The highest BCUT2D eigenvalue weighted by Crippen LogP contribution is 2.34. The molecule has 93 heavy (non-hydrogen) atoms. The molecule has 0 aliphatic carbocycles. The molecule has 0 fully saturated rings. The van der Waals surface area contributed by atoms with Gasteiger partial charge in [-0.25, -0.2) is 28.1 Å². The number of aromatic nitrogens is 17. The van der Waals surface area contributed by atoms with Gasteiger partial charge < -0.3 is 5.32 Å². The fourth-order valence-electron chi connectivity index (χ4n) is 10.5. The van der Waals surface area contributed by atoms with Crippen LogP contribution in [-0.2, 0) is 11.8 Å². The van der Waals surface area contributed by atoms with Gasteiger partial charge in [0, 0.05) is 80.1 Å². The maximum absolute atomic E-state index is 13.2. The average molecular weight is 1230 g/mol. The third-order valence-corrected chi connectivity index (χ3v) is 15.0. The summed E-state index contributed by atoms with van der Waals surface area (Å²) in [6.07, 6.45) is 7.21. The van der Waals surface area contributed by atoms with Crippen molar-refractivity contribution < 1.29 is 18.0 Å². The van der Waals surface area contributed by atoms with Gasteiger partial charge >= 0.3 is 0 Å². The molecule has 9 aromatic carbocycles. The number of nitrogens with zero attached hydrogens (tertiary/aromatic N) is 11. The van der Waals surface area contributed by atoms with E-state index in [0.717, 1.165) is 134 Å². The lowest BCUT2D eigenvalue weighted by atomic mass is 10.0.